The van der Waals surface area contributed by atoms with Crippen molar-refractivity contribution in [3.05, 3.63) is 89.7 Å². The van der Waals surface area contributed by atoms with E-state index >= 15 is 0 Å². The molecule has 30 heavy (non-hydrogen) atoms. The van der Waals surface area contributed by atoms with Gasteiger partial charge >= 0.3 is 0 Å². The van der Waals surface area contributed by atoms with Gasteiger partial charge in [0.15, 0.2) is 0 Å². The third-order valence-corrected chi connectivity index (χ3v) is 4.20. The number of benzene rings is 2. The van der Waals surface area contributed by atoms with Gasteiger partial charge in [-0.05, 0) is 48.0 Å². The number of primary amides is 1. The van der Waals surface area contributed by atoms with Crippen molar-refractivity contribution in [2.24, 2.45) is 5.73 Å². The molecule has 2 amide bonds. The quantitative estimate of drug-likeness (QED) is 0.677. The number of pyridine rings is 1. The van der Waals surface area contributed by atoms with E-state index in [2.05, 4.69) is 4.98 Å². The second-order valence-corrected chi connectivity index (χ2v) is 6.31. The van der Waals surface area contributed by atoms with Crippen molar-refractivity contribution in [3.8, 4) is 11.5 Å². The fraction of sp³-hybridized carbons (Fsp3) is 0.174. The number of ether oxygens (including phenoxy) is 2. The van der Waals surface area contributed by atoms with E-state index in [1.54, 1.807) is 43.6 Å². The fourth-order valence-corrected chi connectivity index (χ4v) is 2.64. The van der Waals surface area contributed by atoms with E-state index in [4.69, 9.17) is 15.2 Å². The van der Waals surface area contributed by atoms with Crippen LogP contribution in [0.15, 0.2) is 73.1 Å². The highest BCUT2D eigenvalue weighted by Gasteiger charge is 2.16. The van der Waals surface area contributed by atoms with Crippen LogP contribution in [0, 0.1) is 0 Å². The first-order valence-corrected chi connectivity index (χ1v) is 9.17. The highest BCUT2D eigenvalue weighted by Crippen LogP contribution is 2.21. The largest absolute Gasteiger partial charge is 0.497 e. The summed E-state index contributed by atoms with van der Waals surface area (Å²) in [7, 11) is 4.74. The van der Waals surface area contributed by atoms with Gasteiger partial charge in [-0.3, -0.25) is 14.6 Å². The van der Waals surface area contributed by atoms with Gasteiger partial charge < -0.3 is 20.1 Å². The number of nitrogens with zero attached hydrogens (tertiary/aromatic N) is 2. The molecule has 0 radical (unpaired) electrons. The maximum absolute atomic E-state index is 12.6. The first-order valence-electron chi connectivity index (χ1n) is 9.17. The average Bonchev–Trinajstić information content (AvgIpc) is 2.80. The van der Waals surface area contributed by atoms with Gasteiger partial charge in [0.2, 0.25) is 0 Å². The zero-order valence-corrected chi connectivity index (χ0v) is 17.2. The van der Waals surface area contributed by atoms with Crippen LogP contribution >= 0.6 is 0 Å². The lowest BCUT2D eigenvalue weighted by atomic mass is 10.1. The maximum Gasteiger partial charge on any atom is 0.253 e. The van der Waals surface area contributed by atoms with Crippen molar-refractivity contribution < 1.29 is 19.1 Å². The topological polar surface area (TPSA) is 94.7 Å². The molecule has 0 aliphatic rings. The minimum Gasteiger partial charge on any atom is -0.497 e. The molecule has 3 aromatic rings. The van der Waals surface area contributed by atoms with Crippen LogP contribution in [0.4, 0.5) is 0 Å². The lowest BCUT2D eigenvalue weighted by Crippen LogP contribution is -2.26. The summed E-state index contributed by atoms with van der Waals surface area (Å²) in [5.41, 5.74) is 6.86. The molecule has 7 heteroatoms. The van der Waals surface area contributed by atoms with Crippen LogP contribution in [0.1, 0.15) is 26.3 Å². The van der Waals surface area contributed by atoms with Crippen LogP contribution in [0.25, 0.3) is 0 Å². The SMILES string of the molecule is COc1ccc(CN(C)C(=O)c2ccc(OC)c(C(N)=O)c2)cc1.c1ccncc1. The number of carbonyl (C=O) groups excluding carboxylic acids is 2. The lowest BCUT2D eigenvalue weighted by Gasteiger charge is -2.18. The summed E-state index contributed by atoms with van der Waals surface area (Å²) >= 11 is 0. The van der Waals surface area contributed by atoms with Gasteiger partial charge in [-0.1, -0.05) is 18.2 Å². The Balaban J connectivity index is 0.000000456. The number of carbonyl (C=O) groups is 2. The first kappa shape index (κ1) is 22.4. The minimum absolute atomic E-state index is 0.182. The van der Waals surface area contributed by atoms with E-state index in [0.717, 1.165) is 11.3 Å². The molecule has 2 aromatic carbocycles. The number of hydrogen-bond acceptors (Lipinski definition) is 5. The molecule has 2 N–H and O–H groups in total. The molecule has 7 nitrogen and oxygen atoms in total. The average molecular weight is 407 g/mol. The molecule has 0 fully saturated rings. The van der Waals surface area contributed by atoms with Gasteiger partial charge in [0, 0.05) is 31.5 Å². The number of nitrogens with two attached hydrogens (primary N) is 1. The second kappa shape index (κ2) is 11.2. The fourth-order valence-electron chi connectivity index (χ4n) is 2.64. The summed E-state index contributed by atoms with van der Waals surface area (Å²) in [6.07, 6.45) is 3.50. The minimum atomic E-state index is -0.640. The molecule has 0 saturated heterocycles. The Morgan fingerprint density at radius 1 is 0.967 bits per heavy atom. The van der Waals surface area contributed by atoms with Gasteiger partial charge in [-0.15, -0.1) is 0 Å². The number of methoxy groups -OCH3 is 2. The molecule has 0 aliphatic heterocycles. The second-order valence-electron chi connectivity index (χ2n) is 6.31. The van der Waals surface area contributed by atoms with Gasteiger partial charge in [0.1, 0.15) is 11.5 Å². The van der Waals surface area contributed by atoms with Crippen molar-refractivity contribution in [2.45, 2.75) is 6.54 Å². The number of rotatable bonds is 6. The highest BCUT2D eigenvalue weighted by molar-refractivity contribution is 6.00. The smallest absolute Gasteiger partial charge is 0.253 e. The molecule has 1 heterocycles. The van der Waals surface area contributed by atoms with Gasteiger partial charge in [0.05, 0.1) is 19.8 Å². The van der Waals surface area contributed by atoms with Crippen LogP contribution in [-0.4, -0.2) is 43.0 Å². The Kier molecular flexibility index (Phi) is 8.38. The van der Waals surface area contributed by atoms with Crippen molar-refractivity contribution in [1.82, 2.24) is 9.88 Å². The number of aromatic nitrogens is 1. The standard InChI is InChI=1S/C18H20N2O4.C5H5N/c1-20(11-12-4-7-14(23-2)8-5-12)18(22)13-6-9-16(24-3)15(10-13)17(19)21;1-2-4-6-5-3-1/h4-10H,11H2,1-3H3,(H2,19,21);1-5H. The van der Waals surface area contributed by atoms with E-state index < -0.39 is 5.91 Å². The van der Waals surface area contributed by atoms with Crippen molar-refractivity contribution in [2.75, 3.05) is 21.3 Å². The van der Waals surface area contributed by atoms with E-state index in [9.17, 15) is 9.59 Å². The predicted molar refractivity (Wildman–Crippen MR) is 115 cm³/mol. The van der Waals surface area contributed by atoms with E-state index in [0.29, 0.717) is 17.9 Å². The molecule has 0 atom stereocenters. The maximum atomic E-state index is 12.6. The Labute approximate surface area is 176 Å². The number of amides is 2. The van der Waals surface area contributed by atoms with Gasteiger partial charge in [-0.25, -0.2) is 0 Å². The summed E-state index contributed by atoms with van der Waals surface area (Å²) in [4.78, 5) is 29.4. The normalized spacial score (nSPS) is 9.70. The molecule has 0 unspecified atom stereocenters. The van der Waals surface area contributed by atoms with Gasteiger partial charge in [0.25, 0.3) is 11.8 Å². The summed E-state index contributed by atoms with van der Waals surface area (Å²) in [5.74, 6) is 0.251. The molecule has 0 aliphatic carbocycles. The van der Waals surface area contributed by atoms with Crippen LogP contribution < -0.4 is 15.2 Å². The summed E-state index contributed by atoms with van der Waals surface area (Å²) in [5, 5.41) is 0. The summed E-state index contributed by atoms with van der Waals surface area (Å²) in [6, 6.07) is 17.8. The molecule has 0 bridgehead atoms. The Morgan fingerprint density at radius 2 is 1.63 bits per heavy atom. The molecule has 3 rings (SSSR count). The van der Waals surface area contributed by atoms with E-state index in [1.807, 2.05) is 42.5 Å². The summed E-state index contributed by atoms with van der Waals surface area (Å²) in [6.45, 7) is 0.431. The Bertz CT molecular complexity index is 933. The lowest BCUT2D eigenvalue weighted by molar-refractivity contribution is 0.0785. The van der Waals surface area contributed by atoms with Crippen LogP contribution in [0.2, 0.25) is 0 Å². The Morgan fingerprint density at radius 3 is 2.10 bits per heavy atom. The van der Waals surface area contributed by atoms with Crippen LogP contribution in [0.3, 0.4) is 0 Å². The Hall–Kier alpha value is -3.87. The highest BCUT2D eigenvalue weighted by atomic mass is 16.5. The third kappa shape index (κ3) is 6.34. The van der Waals surface area contributed by atoms with Crippen molar-refractivity contribution >= 4 is 11.8 Å². The van der Waals surface area contributed by atoms with Crippen LogP contribution in [-0.2, 0) is 6.54 Å². The molecule has 1 aromatic heterocycles. The van der Waals surface area contributed by atoms with E-state index in [1.165, 1.54) is 13.2 Å². The van der Waals surface area contributed by atoms with E-state index in [-0.39, 0.29) is 11.5 Å². The number of hydrogen-bond donors (Lipinski definition) is 1. The van der Waals surface area contributed by atoms with Crippen molar-refractivity contribution in [1.29, 1.82) is 0 Å². The zero-order chi connectivity index (χ0) is 21.9. The molecular weight excluding hydrogens is 382 g/mol. The molecule has 0 saturated carbocycles. The molecule has 0 spiro atoms. The molecule has 156 valence electrons. The molecular formula is C23H25N3O4. The van der Waals surface area contributed by atoms with Crippen LogP contribution in [0.5, 0.6) is 11.5 Å². The predicted octanol–water partition coefficient (Wildman–Crippen LogP) is 3.16. The van der Waals surface area contributed by atoms with Gasteiger partial charge in [-0.2, -0.15) is 0 Å². The van der Waals surface area contributed by atoms with Crippen molar-refractivity contribution in [3.63, 3.8) is 0 Å². The monoisotopic (exact) mass is 407 g/mol. The third-order valence-electron chi connectivity index (χ3n) is 4.20. The first-order chi connectivity index (χ1) is 14.5. The zero-order valence-electron chi connectivity index (χ0n) is 17.2. The summed E-state index contributed by atoms with van der Waals surface area (Å²) < 4.78 is 10.2.